The molecule has 1 rings (SSSR count). The summed E-state index contributed by atoms with van der Waals surface area (Å²) in [5.74, 6) is -0.413. The van der Waals surface area contributed by atoms with Gasteiger partial charge in [0.25, 0.3) is 0 Å². The molecular weight excluding hydrogens is 777 g/mol. The van der Waals surface area contributed by atoms with Crippen LogP contribution in [0.4, 0.5) is 0 Å². The van der Waals surface area contributed by atoms with Gasteiger partial charge in [-0.3, -0.25) is 9.35 Å². The van der Waals surface area contributed by atoms with Crippen LogP contribution in [0, 0.1) is 0 Å². The monoisotopic (exact) mass is 859 g/mol. The minimum absolute atomic E-state index is 0.0308. The van der Waals surface area contributed by atoms with Crippen LogP contribution in [0.25, 0.3) is 0 Å². The Kier molecular flexibility index (Phi) is 35.3. The maximum absolute atomic E-state index is 12.8. The Bertz CT molecular complexity index is 1220. The zero-order chi connectivity index (χ0) is 43.2. The molecule has 0 aromatic carbocycles. The molecule has 1 fully saturated rings. The highest BCUT2D eigenvalue weighted by Crippen LogP contribution is 2.26. The molecule has 0 radical (unpaired) electrons. The number of aliphatic hydroxyl groups is 3. The highest BCUT2D eigenvalue weighted by molar-refractivity contribution is 7.80. The third-order valence-electron chi connectivity index (χ3n) is 10.2. The first kappa shape index (κ1) is 55.1. The topological polar surface area (TPSA) is 178 Å². The van der Waals surface area contributed by atoms with Gasteiger partial charge in [-0.1, -0.05) is 165 Å². The quantitative estimate of drug-likeness (QED) is 0.0199. The Hall–Kier alpha value is -1.94. The highest BCUT2D eigenvalue weighted by atomic mass is 32.3. The number of carbonyl (C=O) groups excluding carboxylic acids is 1. The first-order valence-electron chi connectivity index (χ1n) is 22.9. The van der Waals surface area contributed by atoms with E-state index in [4.69, 9.17) is 23.5 Å². The van der Waals surface area contributed by atoms with Crippen molar-refractivity contribution in [1.82, 2.24) is 0 Å². The number of ether oxygens (including phenoxy) is 4. The molecule has 4 N–H and O–H groups in total. The zero-order valence-electron chi connectivity index (χ0n) is 36.6. The van der Waals surface area contributed by atoms with Gasteiger partial charge in [0, 0.05) is 13.0 Å². The molecule has 0 aromatic rings. The minimum Gasteiger partial charge on any atom is -0.457 e. The molecule has 6 atom stereocenters. The van der Waals surface area contributed by atoms with Gasteiger partial charge in [0.1, 0.15) is 30.5 Å². The Balaban J connectivity index is 2.43. The normalized spacial score (nSPS) is 20.8. The molecule has 1 aliphatic heterocycles. The summed E-state index contributed by atoms with van der Waals surface area (Å²) in [6.07, 6.45) is 35.7. The number of allylic oxidation sites excluding steroid dienone is 8. The van der Waals surface area contributed by atoms with Crippen molar-refractivity contribution in [2.24, 2.45) is 0 Å². The van der Waals surface area contributed by atoms with Crippen LogP contribution < -0.4 is 0 Å². The van der Waals surface area contributed by atoms with E-state index in [1.165, 1.54) is 64.2 Å². The van der Waals surface area contributed by atoms with E-state index < -0.39 is 59.8 Å². The number of carbonyl (C=O) groups is 1. The van der Waals surface area contributed by atoms with Gasteiger partial charge in [-0.2, -0.15) is 8.42 Å². The maximum Gasteiger partial charge on any atom is 0.397 e. The standard InChI is InChI=1S/C46H82O12S/c1-3-5-7-9-11-13-15-17-18-19-20-21-22-23-25-27-29-31-33-35-42(48)56-40(38-54-36-34-32-30-28-26-24-16-14-12-10-8-6-4-2)39-55-46-44(50)45(58-59(51,52)53)43(49)41(37-47)57-46/h5,7,11,13,17-18,20-21,40-41,43-47,49-50H,3-4,6,8-10,12,14-16,19,22-39H2,1-2H3,(H,51,52,53)/b7-5-,13-11-,18-17-,21-20-. The number of rotatable bonds is 39. The number of hydrogen-bond donors (Lipinski definition) is 4. The molecule has 1 saturated heterocycles. The summed E-state index contributed by atoms with van der Waals surface area (Å²) in [6, 6.07) is 0. The predicted molar refractivity (Wildman–Crippen MR) is 234 cm³/mol. The van der Waals surface area contributed by atoms with Gasteiger partial charge in [0.15, 0.2) is 6.29 Å². The van der Waals surface area contributed by atoms with Crippen LogP contribution in [0.2, 0.25) is 0 Å². The fraction of sp³-hybridized carbons (Fsp3) is 0.804. The summed E-state index contributed by atoms with van der Waals surface area (Å²) in [7, 11) is -5.06. The van der Waals surface area contributed by atoms with E-state index in [9.17, 15) is 28.5 Å². The molecule has 0 aliphatic carbocycles. The van der Waals surface area contributed by atoms with Crippen LogP contribution in [-0.4, -0.2) is 97.5 Å². The molecule has 0 saturated carbocycles. The first-order valence-corrected chi connectivity index (χ1v) is 24.3. The van der Waals surface area contributed by atoms with Gasteiger partial charge in [-0.15, -0.1) is 0 Å². The first-order chi connectivity index (χ1) is 28.6. The van der Waals surface area contributed by atoms with Crippen molar-refractivity contribution < 1.29 is 56.2 Å². The second kappa shape index (κ2) is 37.8. The lowest BCUT2D eigenvalue weighted by Crippen LogP contribution is -2.60. The molecule has 344 valence electrons. The molecule has 1 heterocycles. The molecule has 0 amide bonds. The fourth-order valence-electron chi connectivity index (χ4n) is 6.78. The summed E-state index contributed by atoms with van der Waals surface area (Å²) in [5, 5.41) is 30.7. The summed E-state index contributed by atoms with van der Waals surface area (Å²) >= 11 is 0. The van der Waals surface area contributed by atoms with Crippen LogP contribution in [0.3, 0.4) is 0 Å². The Morgan fingerprint density at radius 3 is 1.71 bits per heavy atom. The maximum atomic E-state index is 12.8. The van der Waals surface area contributed by atoms with E-state index >= 15 is 0 Å². The molecular formula is C46H82O12S. The minimum atomic E-state index is -5.06. The second-order valence-electron chi connectivity index (χ2n) is 15.6. The third kappa shape index (κ3) is 31.6. The SMILES string of the molecule is CC/C=C\C/C=C\C/C=C\C/C=C\CCCCCCCCC(=O)OC(COCCCCCCCCCCCCCCC)COC1OC(CO)C(O)C(OS(=O)(=O)O)C1O. The molecule has 0 aromatic heterocycles. The van der Waals surface area contributed by atoms with Crippen molar-refractivity contribution in [3.63, 3.8) is 0 Å². The van der Waals surface area contributed by atoms with Crippen LogP contribution >= 0.6 is 0 Å². The van der Waals surface area contributed by atoms with Crippen LogP contribution in [0.15, 0.2) is 48.6 Å². The smallest absolute Gasteiger partial charge is 0.397 e. The molecule has 59 heavy (non-hydrogen) atoms. The van der Waals surface area contributed by atoms with Crippen molar-refractivity contribution >= 4 is 16.4 Å². The summed E-state index contributed by atoms with van der Waals surface area (Å²) in [5.41, 5.74) is 0. The van der Waals surface area contributed by atoms with Crippen molar-refractivity contribution in [2.45, 2.75) is 211 Å². The lowest BCUT2D eigenvalue weighted by atomic mass is 9.99. The number of esters is 1. The largest absolute Gasteiger partial charge is 0.457 e. The van der Waals surface area contributed by atoms with Gasteiger partial charge in [0.2, 0.25) is 0 Å². The van der Waals surface area contributed by atoms with Crippen LogP contribution in [0.5, 0.6) is 0 Å². The van der Waals surface area contributed by atoms with Gasteiger partial charge < -0.3 is 34.3 Å². The molecule has 13 heteroatoms. The fourth-order valence-corrected chi connectivity index (χ4v) is 7.29. The van der Waals surface area contributed by atoms with E-state index in [1.807, 2.05) is 0 Å². The highest BCUT2D eigenvalue weighted by Gasteiger charge is 2.48. The van der Waals surface area contributed by atoms with Gasteiger partial charge in [0.05, 0.1) is 19.8 Å². The van der Waals surface area contributed by atoms with Crippen molar-refractivity contribution in [2.75, 3.05) is 26.4 Å². The zero-order valence-corrected chi connectivity index (χ0v) is 37.4. The average molecular weight is 859 g/mol. The van der Waals surface area contributed by atoms with Gasteiger partial charge >= 0.3 is 16.4 Å². The Morgan fingerprint density at radius 2 is 1.17 bits per heavy atom. The summed E-state index contributed by atoms with van der Waals surface area (Å²) in [6.45, 7) is 3.86. The summed E-state index contributed by atoms with van der Waals surface area (Å²) in [4.78, 5) is 12.8. The van der Waals surface area contributed by atoms with Crippen molar-refractivity contribution in [3.05, 3.63) is 48.6 Å². The lowest BCUT2D eigenvalue weighted by molar-refractivity contribution is -0.301. The van der Waals surface area contributed by atoms with E-state index in [-0.39, 0.29) is 19.6 Å². The lowest BCUT2D eigenvalue weighted by Gasteiger charge is -2.41. The second-order valence-corrected chi connectivity index (χ2v) is 16.7. The molecule has 0 spiro atoms. The van der Waals surface area contributed by atoms with E-state index in [0.29, 0.717) is 13.0 Å². The number of hydrogen-bond acceptors (Lipinski definition) is 11. The number of aliphatic hydroxyl groups excluding tert-OH is 3. The van der Waals surface area contributed by atoms with Crippen LogP contribution in [0.1, 0.15) is 174 Å². The van der Waals surface area contributed by atoms with E-state index in [1.54, 1.807) is 0 Å². The average Bonchev–Trinajstić information content (AvgIpc) is 3.20. The third-order valence-corrected chi connectivity index (χ3v) is 10.7. The molecule has 6 unspecified atom stereocenters. The van der Waals surface area contributed by atoms with E-state index in [0.717, 1.165) is 83.5 Å². The van der Waals surface area contributed by atoms with Crippen molar-refractivity contribution in [1.29, 1.82) is 0 Å². The molecule has 0 bridgehead atoms. The Labute approximate surface area is 357 Å². The Morgan fingerprint density at radius 1 is 0.661 bits per heavy atom. The van der Waals surface area contributed by atoms with Crippen LogP contribution in [-0.2, 0) is 38.3 Å². The van der Waals surface area contributed by atoms with Gasteiger partial charge in [-0.25, -0.2) is 4.18 Å². The number of unbranched alkanes of at least 4 members (excludes halogenated alkanes) is 18. The van der Waals surface area contributed by atoms with E-state index in [2.05, 4.69) is 66.6 Å². The predicted octanol–water partition coefficient (Wildman–Crippen LogP) is 9.58. The molecule has 1 aliphatic rings. The van der Waals surface area contributed by atoms with Crippen molar-refractivity contribution in [3.8, 4) is 0 Å². The molecule has 12 nitrogen and oxygen atoms in total. The van der Waals surface area contributed by atoms with Gasteiger partial charge in [-0.05, 0) is 51.4 Å². The summed E-state index contributed by atoms with van der Waals surface area (Å²) < 4.78 is 59.0.